The number of aliphatic carboxylic acids is 1. The second kappa shape index (κ2) is 6.38. The van der Waals surface area contributed by atoms with E-state index in [-0.39, 0.29) is 19.2 Å². The molecule has 0 spiro atoms. The molecular formula is C12H22N2O5S. The van der Waals surface area contributed by atoms with Crippen LogP contribution in [0.25, 0.3) is 0 Å². The van der Waals surface area contributed by atoms with Crippen LogP contribution in [0.1, 0.15) is 26.2 Å². The van der Waals surface area contributed by atoms with Crippen LogP contribution in [0.15, 0.2) is 0 Å². The van der Waals surface area contributed by atoms with Crippen molar-refractivity contribution in [3.05, 3.63) is 0 Å². The summed E-state index contributed by atoms with van der Waals surface area (Å²) in [5.41, 5.74) is 0. The van der Waals surface area contributed by atoms with Crippen LogP contribution in [-0.2, 0) is 19.7 Å². The van der Waals surface area contributed by atoms with Gasteiger partial charge in [0.25, 0.3) is 10.2 Å². The zero-order chi connectivity index (χ0) is 14.8. The Balaban J connectivity index is 1.99. The highest BCUT2D eigenvalue weighted by Crippen LogP contribution is 2.23. The Morgan fingerprint density at radius 1 is 1.25 bits per heavy atom. The van der Waals surface area contributed by atoms with Gasteiger partial charge >= 0.3 is 5.97 Å². The Kier molecular flexibility index (Phi) is 5.00. The topological polar surface area (TPSA) is 87.2 Å². The van der Waals surface area contributed by atoms with E-state index in [4.69, 9.17) is 9.84 Å². The van der Waals surface area contributed by atoms with E-state index >= 15 is 0 Å². The first-order valence-electron chi connectivity index (χ1n) is 7.04. The molecule has 2 rings (SSSR count). The Hall–Kier alpha value is -0.700. The van der Waals surface area contributed by atoms with Gasteiger partial charge in [-0.15, -0.1) is 0 Å². The zero-order valence-electron chi connectivity index (χ0n) is 11.7. The number of carbonyl (C=O) groups is 1. The lowest BCUT2D eigenvalue weighted by Gasteiger charge is -2.37. The average molecular weight is 306 g/mol. The molecule has 0 aromatic rings. The molecule has 0 amide bonds. The van der Waals surface area contributed by atoms with Crippen molar-refractivity contribution >= 4 is 16.2 Å². The third kappa shape index (κ3) is 3.30. The standard InChI is InChI=1S/C12H22N2O5S/c1-2-11-9-14(7-8-19-11)20(17,18)13-5-3-10(4-6-13)12(15)16/h10-11H,2-9H2,1H3,(H,15,16). The quantitative estimate of drug-likeness (QED) is 0.798. The van der Waals surface area contributed by atoms with Gasteiger partial charge in [0, 0.05) is 26.2 Å². The fourth-order valence-electron chi connectivity index (χ4n) is 2.65. The van der Waals surface area contributed by atoms with E-state index in [9.17, 15) is 13.2 Å². The first-order valence-corrected chi connectivity index (χ1v) is 8.44. The number of hydrogen-bond acceptors (Lipinski definition) is 4. The molecule has 2 heterocycles. The van der Waals surface area contributed by atoms with Crippen molar-refractivity contribution in [3.8, 4) is 0 Å². The van der Waals surface area contributed by atoms with Crippen molar-refractivity contribution in [1.29, 1.82) is 0 Å². The average Bonchev–Trinajstić information content (AvgIpc) is 2.47. The molecule has 0 bridgehead atoms. The van der Waals surface area contributed by atoms with Crippen LogP contribution in [0.5, 0.6) is 0 Å². The van der Waals surface area contributed by atoms with Gasteiger partial charge < -0.3 is 9.84 Å². The number of nitrogens with zero attached hydrogens (tertiary/aromatic N) is 2. The van der Waals surface area contributed by atoms with Gasteiger partial charge in [0.1, 0.15) is 0 Å². The number of piperidine rings is 1. The smallest absolute Gasteiger partial charge is 0.306 e. The monoisotopic (exact) mass is 306 g/mol. The van der Waals surface area contributed by atoms with Crippen LogP contribution in [0.4, 0.5) is 0 Å². The highest BCUT2D eigenvalue weighted by molar-refractivity contribution is 7.86. The maximum absolute atomic E-state index is 12.5. The van der Waals surface area contributed by atoms with Gasteiger partial charge in [0.05, 0.1) is 18.6 Å². The minimum Gasteiger partial charge on any atom is -0.481 e. The van der Waals surface area contributed by atoms with Gasteiger partial charge in [0.2, 0.25) is 0 Å². The molecule has 116 valence electrons. The molecule has 8 heteroatoms. The van der Waals surface area contributed by atoms with Crippen molar-refractivity contribution in [2.24, 2.45) is 5.92 Å². The Morgan fingerprint density at radius 3 is 2.45 bits per heavy atom. The number of rotatable bonds is 4. The highest BCUT2D eigenvalue weighted by atomic mass is 32.2. The molecule has 20 heavy (non-hydrogen) atoms. The van der Waals surface area contributed by atoms with Crippen molar-refractivity contribution < 1.29 is 23.1 Å². The van der Waals surface area contributed by atoms with Crippen molar-refractivity contribution in [2.75, 3.05) is 32.8 Å². The van der Waals surface area contributed by atoms with Crippen LogP contribution in [0.2, 0.25) is 0 Å². The summed E-state index contributed by atoms with van der Waals surface area (Å²) in [4.78, 5) is 10.9. The fourth-order valence-corrected chi connectivity index (χ4v) is 4.30. The molecule has 0 aromatic carbocycles. The molecule has 0 saturated carbocycles. The molecule has 1 unspecified atom stereocenters. The van der Waals surface area contributed by atoms with E-state index < -0.39 is 22.1 Å². The van der Waals surface area contributed by atoms with E-state index in [2.05, 4.69) is 0 Å². The number of hydrogen-bond donors (Lipinski definition) is 1. The van der Waals surface area contributed by atoms with Gasteiger partial charge in [0.15, 0.2) is 0 Å². The molecule has 1 N–H and O–H groups in total. The number of carboxylic acid groups (broad SMARTS) is 1. The highest BCUT2D eigenvalue weighted by Gasteiger charge is 2.36. The lowest BCUT2D eigenvalue weighted by molar-refractivity contribution is -0.142. The summed E-state index contributed by atoms with van der Waals surface area (Å²) >= 11 is 0. The minimum atomic E-state index is -3.48. The van der Waals surface area contributed by atoms with E-state index in [1.54, 1.807) is 0 Å². The van der Waals surface area contributed by atoms with E-state index in [0.717, 1.165) is 6.42 Å². The third-order valence-corrected chi connectivity index (χ3v) is 6.01. The van der Waals surface area contributed by atoms with Crippen LogP contribution in [0, 0.1) is 5.92 Å². The van der Waals surface area contributed by atoms with Gasteiger partial charge in [-0.2, -0.15) is 17.0 Å². The summed E-state index contributed by atoms with van der Waals surface area (Å²) in [6.45, 7) is 3.72. The Bertz CT molecular complexity index is 445. The van der Waals surface area contributed by atoms with Gasteiger partial charge in [-0.25, -0.2) is 0 Å². The summed E-state index contributed by atoms with van der Waals surface area (Å²) in [7, 11) is -3.48. The summed E-state index contributed by atoms with van der Waals surface area (Å²) in [5.74, 6) is -1.26. The SMILES string of the molecule is CCC1CN(S(=O)(=O)N2CCC(C(=O)O)CC2)CCO1. The Morgan fingerprint density at radius 2 is 1.90 bits per heavy atom. The first kappa shape index (κ1) is 15.7. The van der Waals surface area contributed by atoms with Gasteiger partial charge in [-0.1, -0.05) is 6.92 Å². The maximum atomic E-state index is 12.5. The maximum Gasteiger partial charge on any atom is 0.306 e. The van der Waals surface area contributed by atoms with E-state index in [1.807, 2.05) is 6.92 Å². The van der Waals surface area contributed by atoms with E-state index in [0.29, 0.717) is 32.5 Å². The molecule has 2 fully saturated rings. The summed E-state index contributed by atoms with van der Waals surface area (Å²) in [6.07, 6.45) is 1.51. The summed E-state index contributed by atoms with van der Waals surface area (Å²) in [5, 5.41) is 8.95. The number of carboxylic acids is 1. The predicted octanol–water partition coefficient (Wildman–Crippen LogP) is 0.139. The van der Waals surface area contributed by atoms with Gasteiger partial charge in [-0.3, -0.25) is 4.79 Å². The van der Waals surface area contributed by atoms with Crippen molar-refractivity contribution in [1.82, 2.24) is 8.61 Å². The molecule has 2 saturated heterocycles. The normalized spacial score (nSPS) is 27.6. The van der Waals surface area contributed by atoms with Crippen molar-refractivity contribution in [2.45, 2.75) is 32.3 Å². The molecule has 1 atom stereocenters. The van der Waals surface area contributed by atoms with Crippen molar-refractivity contribution in [3.63, 3.8) is 0 Å². The summed E-state index contributed by atoms with van der Waals surface area (Å²) < 4.78 is 33.4. The minimum absolute atomic E-state index is 0.0462. The molecular weight excluding hydrogens is 284 g/mol. The number of morpholine rings is 1. The summed E-state index contributed by atoms with van der Waals surface area (Å²) in [6, 6.07) is 0. The molecule has 7 nitrogen and oxygen atoms in total. The number of ether oxygens (including phenoxy) is 1. The zero-order valence-corrected chi connectivity index (χ0v) is 12.5. The van der Waals surface area contributed by atoms with Crippen LogP contribution in [-0.4, -0.2) is 67.0 Å². The van der Waals surface area contributed by atoms with Gasteiger partial charge in [-0.05, 0) is 19.3 Å². The molecule has 2 aliphatic heterocycles. The first-order chi connectivity index (χ1) is 9.45. The Labute approximate surface area is 119 Å². The predicted molar refractivity (Wildman–Crippen MR) is 72.5 cm³/mol. The lowest BCUT2D eigenvalue weighted by Crippen LogP contribution is -2.53. The van der Waals surface area contributed by atoms with E-state index in [1.165, 1.54) is 8.61 Å². The third-order valence-electron chi connectivity index (χ3n) is 4.01. The van der Waals surface area contributed by atoms with Crippen LogP contribution in [0.3, 0.4) is 0 Å². The largest absolute Gasteiger partial charge is 0.481 e. The molecule has 2 aliphatic rings. The molecule has 0 aromatic heterocycles. The lowest BCUT2D eigenvalue weighted by atomic mass is 9.99. The van der Waals surface area contributed by atoms with Crippen LogP contribution < -0.4 is 0 Å². The second-order valence-electron chi connectivity index (χ2n) is 5.28. The fraction of sp³-hybridized carbons (Fsp3) is 0.917. The second-order valence-corrected chi connectivity index (χ2v) is 7.21. The van der Waals surface area contributed by atoms with Crippen LogP contribution >= 0.6 is 0 Å². The molecule has 0 radical (unpaired) electrons. The molecule has 0 aliphatic carbocycles.